The molecule has 0 aliphatic heterocycles. The zero-order valence-electron chi connectivity index (χ0n) is 10.7. The molecule has 0 bridgehead atoms. The van der Waals surface area contributed by atoms with Gasteiger partial charge in [0.2, 0.25) is 0 Å². The maximum atomic E-state index is 13.6. The average Bonchev–Trinajstić information content (AvgIpc) is 2.85. The lowest BCUT2D eigenvalue weighted by Gasteiger charge is -2.15. The molecule has 1 unspecified atom stereocenters. The Bertz CT molecular complexity index is 440. The van der Waals surface area contributed by atoms with E-state index in [9.17, 15) is 8.78 Å². The number of hydrogen-bond acceptors (Lipinski definition) is 1. The maximum absolute atomic E-state index is 13.6. The summed E-state index contributed by atoms with van der Waals surface area (Å²) in [7, 11) is 0. The van der Waals surface area contributed by atoms with Crippen LogP contribution < -0.4 is 5.32 Å². The highest BCUT2D eigenvalue weighted by Gasteiger charge is 2.13. The molecule has 1 nitrogen and oxygen atoms in total. The molecule has 0 heterocycles. The predicted octanol–water partition coefficient (Wildman–Crippen LogP) is 4.12. The van der Waals surface area contributed by atoms with Crippen LogP contribution in [-0.2, 0) is 0 Å². The molecule has 18 heavy (non-hydrogen) atoms. The first-order valence-electron chi connectivity index (χ1n) is 6.53. The summed E-state index contributed by atoms with van der Waals surface area (Å²) in [5.41, 5.74) is 1.88. The lowest BCUT2D eigenvalue weighted by atomic mass is 10.1. The molecule has 1 N–H and O–H groups in total. The summed E-state index contributed by atoms with van der Waals surface area (Å²) in [4.78, 5) is 0. The van der Waals surface area contributed by atoms with Gasteiger partial charge in [0.1, 0.15) is 0 Å². The van der Waals surface area contributed by atoms with Crippen LogP contribution in [0.25, 0.3) is 0 Å². The van der Waals surface area contributed by atoms with E-state index >= 15 is 0 Å². The van der Waals surface area contributed by atoms with Crippen molar-refractivity contribution in [3.63, 3.8) is 0 Å². The molecule has 1 aromatic carbocycles. The Kier molecular flexibility index (Phi) is 4.48. The Hall–Kier alpha value is -1.22. The highest BCUT2D eigenvalue weighted by molar-refractivity contribution is 5.22. The molecule has 1 atom stereocenters. The summed E-state index contributed by atoms with van der Waals surface area (Å²) >= 11 is 0. The number of benzene rings is 1. The third kappa shape index (κ3) is 3.16. The normalized spacial score (nSPS) is 16.7. The molecule has 0 radical (unpaired) electrons. The number of nitrogens with one attached hydrogen (secondary N) is 1. The number of halogens is 2. The molecule has 1 aliphatic carbocycles. The van der Waals surface area contributed by atoms with Crippen molar-refractivity contribution in [3.05, 3.63) is 47.0 Å². The monoisotopic (exact) mass is 251 g/mol. The number of rotatable bonds is 5. The third-order valence-electron chi connectivity index (χ3n) is 3.48. The minimum Gasteiger partial charge on any atom is -0.310 e. The first kappa shape index (κ1) is 13.2. The topological polar surface area (TPSA) is 12.0 Å². The lowest BCUT2D eigenvalue weighted by Crippen LogP contribution is -2.21. The summed E-state index contributed by atoms with van der Waals surface area (Å²) in [6.07, 6.45) is 6.91. The summed E-state index contributed by atoms with van der Waals surface area (Å²) in [5, 5.41) is 3.25. The van der Waals surface area contributed by atoms with Crippen LogP contribution in [0.5, 0.6) is 0 Å². The Morgan fingerprint density at radius 1 is 1.33 bits per heavy atom. The van der Waals surface area contributed by atoms with Crippen LogP contribution >= 0.6 is 0 Å². The van der Waals surface area contributed by atoms with Crippen molar-refractivity contribution < 1.29 is 8.78 Å². The first-order chi connectivity index (χ1) is 8.68. The van der Waals surface area contributed by atoms with Gasteiger partial charge in [-0.05, 0) is 45.2 Å². The summed E-state index contributed by atoms with van der Waals surface area (Å²) in [5.74, 6) is -1.52. The van der Waals surface area contributed by atoms with Crippen molar-refractivity contribution in [3.8, 4) is 0 Å². The fourth-order valence-electron chi connectivity index (χ4n) is 2.38. The average molecular weight is 251 g/mol. The van der Waals surface area contributed by atoms with Gasteiger partial charge in [0, 0.05) is 11.6 Å². The molecule has 0 aromatic heterocycles. The zero-order valence-corrected chi connectivity index (χ0v) is 10.7. The number of allylic oxidation sites excluding steroid dienone is 1. The van der Waals surface area contributed by atoms with E-state index in [0.717, 1.165) is 19.0 Å². The Morgan fingerprint density at radius 2 is 2.17 bits per heavy atom. The molecule has 3 heteroatoms. The molecule has 0 fully saturated rings. The Morgan fingerprint density at radius 3 is 2.89 bits per heavy atom. The van der Waals surface area contributed by atoms with Crippen molar-refractivity contribution in [2.45, 2.75) is 38.6 Å². The van der Waals surface area contributed by atoms with Gasteiger partial charge in [0.25, 0.3) is 0 Å². The van der Waals surface area contributed by atoms with E-state index in [-0.39, 0.29) is 6.04 Å². The second kappa shape index (κ2) is 6.10. The molecule has 0 spiro atoms. The smallest absolute Gasteiger partial charge is 0.163 e. The van der Waals surface area contributed by atoms with Crippen LogP contribution in [0.2, 0.25) is 0 Å². The maximum Gasteiger partial charge on any atom is 0.163 e. The van der Waals surface area contributed by atoms with Gasteiger partial charge >= 0.3 is 0 Å². The number of hydrogen-bond donors (Lipinski definition) is 1. The predicted molar refractivity (Wildman–Crippen MR) is 69.3 cm³/mol. The van der Waals surface area contributed by atoms with Crippen LogP contribution in [0.4, 0.5) is 8.78 Å². The molecule has 0 saturated carbocycles. The Labute approximate surface area is 107 Å². The van der Waals surface area contributed by atoms with E-state index < -0.39 is 11.6 Å². The molecular formula is C15H19F2N. The van der Waals surface area contributed by atoms with Crippen LogP contribution in [0.1, 0.15) is 44.2 Å². The van der Waals surface area contributed by atoms with Crippen molar-refractivity contribution in [1.82, 2.24) is 5.32 Å². The van der Waals surface area contributed by atoms with E-state index in [1.165, 1.54) is 24.8 Å². The largest absolute Gasteiger partial charge is 0.310 e. The lowest BCUT2D eigenvalue weighted by molar-refractivity contribution is 0.473. The highest BCUT2D eigenvalue weighted by Crippen LogP contribution is 2.21. The summed E-state index contributed by atoms with van der Waals surface area (Å²) < 4.78 is 26.6. The Balaban J connectivity index is 1.87. The van der Waals surface area contributed by atoms with Crippen LogP contribution in [0.15, 0.2) is 29.8 Å². The van der Waals surface area contributed by atoms with Crippen molar-refractivity contribution in [1.29, 1.82) is 0 Å². The minimum atomic E-state index is -0.778. The molecule has 0 amide bonds. The third-order valence-corrected chi connectivity index (χ3v) is 3.48. The van der Waals surface area contributed by atoms with Crippen LogP contribution in [-0.4, -0.2) is 6.54 Å². The van der Waals surface area contributed by atoms with Gasteiger partial charge < -0.3 is 5.32 Å². The van der Waals surface area contributed by atoms with E-state index in [0.29, 0.717) is 5.56 Å². The standard InChI is InChI=1S/C15H19F2N/c1-11(13-7-4-8-14(16)15(13)17)18-10-9-12-5-2-3-6-12/h4-5,7-8,11,18H,2-3,6,9-10H2,1H3. The molecule has 1 aliphatic rings. The van der Waals surface area contributed by atoms with Gasteiger partial charge in [-0.2, -0.15) is 0 Å². The molecular weight excluding hydrogens is 232 g/mol. The molecule has 1 aromatic rings. The summed E-state index contributed by atoms with van der Waals surface area (Å²) in [6.45, 7) is 2.67. The minimum absolute atomic E-state index is 0.164. The van der Waals surface area contributed by atoms with Gasteiger partial charge in [-0.1, -0.05) is 23.8 Å². The molecule has 2 rings (SSSR count). The zero-order chi connectivity index (χ0) is 13.0. The molecule has 0 saturated heterocycles. The SMILES string of the molecule is CC(NCCC1=CCCC1)c1cccc(F)c1F. The van der Waals surface area contributed by atoms with Crippen molar-refractivity contribution in [2.24, 2.45) is 0 Å². The van der Waals surface area contributed by atoms with E-state index in [1.54, 1.807) is 12.1 Å². The second-order valence-electron chi connectivity index (χ2n) is 4.82. The van der Waals surface area contributed by atoms with Crippen LogP contribution in [0, 0.1) is 11.6 Å². The van der Waals surface area contributed by atoms with Gasteiger partial charge in [-0.15, -0.1) is 0 Å². The fraction of sp³-hybridized carbons (Fsp3) is 0.467. The van der Waals surface area contributed by atoms with Gasteiger partial charge in [0.15, 0.2) is 11.6 Å². The van der Waals surface area contributed by atoms with Gasteiger partial charge in [-0.3, -0.25) is 0 Å². The van der Waals surface area contributed by atoms with Crippen LogP contribution in [0.3, 0.4) is 0 Å². The van der Waals surface area contributed by atoms with E-state index in [2.05, 4.69) is 11.4 Å². The quantitative estimate of drug-likeness (QED) is 0.776. The second-order valence-corrected chi connectivity index (χ2v) is 4.82. The van der Waals surface area contributed by atoms with Gasteiger partial charge in [0.05, 0.1) is 0 Å². The molecule has 98 valence electrons. The van der Waals surface area contributed by atoms with Crippen molar-refractivity contribution in [2.75, 3.05) is 6.54 Å². The first-order valence-corrected chi connectivity index (χ1v) is 6.53. The summed E-state index contributed by atoms with van der Waals surface area (Å²) in [6, 6.07) is 4.16. The highest BCUT2D eigenvalue weighted by atomic mass is 19.2. The van der Waals surface area contributed by atoms with E-state index in [1.807, 2.05) is 6.92 Å². The van der Waals surface area contributed by atoms with Crippen molar-refractivity contribution >= 4 is 0 Å². The van der Waals surface area contributed by atoms with E-state index in [4.69, 9.17) is 0 Å². The van der Waals surface area contributed by atoms with Gasteiger partial charge in [-0.25, -0.2) is 8.78 Å². The fourth-order valence-corrected chi connectivity index (χ4v) is 2.38.